The maximum Gasteiger partial charge on any atom is 0.309 e. The van der Waals surface area contributed by atoms with Crippen LogP contribution in [0, 0.1) is 21.4 Å². The van der Waals surface area contributed by atoms with E-state index < -0.39 is 4.92 Å². The van der Waals surface area contributed by atoms with Crippen molar-refractivity contribution in [3.05, 3.63) is 46.1 Å². The molecule has 8 heteroatoms. The first-order valence-corrected chi connectivity index (χ1v) is 5.39. The summed E-state index contributed by atoms with van der Waals surface area (Å²) in [6.45, 7) is 0.398. The summed E-state index contributed by atoms with van der Waals surface area (Å²) in [6.07, 6.45) is 1.68. The quantitative estimate of drug-likeness (QED) is 0.638. The van der Waals surface area contributed by atoms with Gasteiger partial charge in [0.25, 0.3) is 0 Å². The van der Waals surface area contributed by atoms with E-state index in [1.807, 2.05) is 0 Å². The largest absolute Gasteiger partial charge is 0.379 e. The normalized spacial score (nSPS) is 9.84. The Morgan fingerprint density at radius 1 is 1.53 bits per heavy atom. The second-order valence-electron chi connectivity index (χ2n) is 3.59. The minimum Gasteiger partial charge on any atom is -0.379 e. The van der Waals surface area contributed by atoms with Gasteiger partial charge in [-0.05, 0) is 12.1 Å². The van der Waals surface area contributed by atoms with Crippen LogP contribution in [-0.2, 0) is 6.42 Å². The van der Waals surface area contributed by atoms with Gasteiger partial charge < -0.3 is 9.84 Å². The van der Waals surface area contributed by atoms with Crippen LogP contribution in [0.5, 0.6) is 0 Å². The van der Waals surface area contributed by atoms with Crippen LogP contribution >= 0.6 is 0 Å². The molecule has 0 aliphatic rings. The molecule has 0 radical (unpaired) electrons. The van der Waals surface area contributed by atoms with Crippen molar-refractivity contribution in [3.8, 4) is 6.07 Å². The van der Waals surface area contributed by atoms with E-state index in [1.165, 1.54) is 12.5 Å². The van der Waals surface area contributed by atoms with Crippen molar-refractivity contribution in [3.63, 3.8) is 0 Å². The highest BCUT2D eigenvalue weighted by molar-refractivity contribution is 5.68. The fraction of sp³-hybridized carbons (Fsp3) is 0.182. The van der Waals surface area contributed by atoms with E-state index in [9.17, 15) is 10.1 Å². The third-order valence-electron chi connectivity index (χ3n) is 2.41. The lowest BCUT2D eigenvalue weighted by molar-refractivity contribution is -0.384. The molecule has 2 aromatic rings. The number of rotatable bonds is 5. The van der Waals surface area contributed by atoms with Crippen LogP contribution in [0.2, 0.25) is 0 Å². The molecule has 0 amide bonds. The summed E-state index contributed by atoms with van der Waals surface area (Å²) < 4.78 is 4.58. The van der Waals surface area contributed by atoms with Crippen molar-refractivity contribution >= 4 is 11.4 Å². The SMILES string of the molecule is N#Cc1cccc(NCCc2ncon2)c1[N+](=O)[O-]. The number of aromatic nitrogens is 2. The van der Waals surface area contributed by atoms with Crippen LogP contribution in [0.1, 0.15) is 11.4 Å². The molecule has 1 N–H and O–H groups in total. The van der Waals surface area contributed by atoms with Crippen molar-refractivity contribution in [1.82, 2.24) is 10.1 Å². The molecule has 0 atom stereocenters. The van der Waals surface area contributed by atoms with Gasteiger partial charge in [0, 0.05) is 13.0 Å². The molecule has 2 rings (SSSR count). The van der Waals surface area contributed by atoms with Gasteiger partial charge in [-0.25, -0.2) is 0 Å². The molecular weight excluding hydrogens is 250 g/mol. The summed E-state index contributed by atoms with van der Waals surface area (Å²) in [5.74, 6) is 0.506. The number of nitrogens with one attached hydrogen (secondary N) is 1. The van der Waals surface area contributed by atoms with E-state index in [0.29, 0.717) is 24.5 Å². The molecule has 8 nitrogen and oxygen atoms in total. The first-order chi connectivity index (χ1) is 9.22. The van der Waals surface area contributed by atoms with Crippen LogP contribution in [-0.4, -0.2) is 21.6 Å². The summed E-state index contributed by atoms with van der Waals surface area (Å²) in [5, 5.41) is 26.3. The average Bonchev–Trinajstić information content (AvgIpc) is 2.91. The number of para-hydroxylation sites is 1. The topological polar surface area (TPSA) is 118 Å². The first kappa shape index (κ1) is 12.5. The number of hydrogen-bond donors (Lipinski definition) is 1. The van der Waals surface area contributed by atoms with E-state index in [1.54, 1.807) is 18.2 Å². The third kappa shape index (κ3) is 2.84. The second-order valence-corrected chi connectivity index (χ2v) is 3.59. The molecule has 0 spiro atoms. The highest BCUT2D eigenvalue weighted by atomic mass is 16.6. The van der Waals surface area contributed by atoms with Crippen molar-refractivity contribution < 1.29 is 9.45 Å². The van der Waals surface area contributed by atoms with Gasteiger partial charge in [0.1, 0.15) is 17.3 Å². The van der Waals surface area contributed by atoms with Gasteiger partial charge in [-0.15, -0.1) is 0 Å². The van der Waals surface area contributed by atoms with Gasteiger partial charge in [0.05, 0.1) is 4.92 Å². The van der Waals surface area contributed by atoms with E-state index >= 15 is 0 Å². The minimum absolute atomic E-state index is 0.0227. The standard InChI is InChI=1S/C11H9N5O3/c12-6-8-2-1-3-9(11(8)16(17)18)13-5-4-10-14-7-19-15-10/h1-3,7,13H,4-5H2. The molecule has 0 unspecified atom stereocenters. The van der Waals surface area contributed by atoms with Crippen molar-refractivity contribution in [2.45, 2.75) is 6.42 Å². The molecule has 0 aliphatic heterocycles. The van der Waals surface area contributed by atoms with Crippen LogP contribution < -0.4 is 5.32 Å². The van der Waals surface area contributed by atoms with Crippen LogP contribution in [0.3, 0.4) is 0 Å². The van der Waals surface area contributed by atoms with Crippen LogP contribution in [0.15, 0.2) is 29.1 Å². The predicted octanol–water partition coefficient (Wildman–Crippen LogP) is 1.50. The third-order valence-corrected chi connectivity index (χ3v) is 2.41. The Labute approximate surface area is 107 Å². The van der Waals surface area contributed by atoms with Crippen LogP contribution in [0.25, 0.3) is 0 Å². The summed E-state index contributed by atoms with van der Waals surface area (Å²) in [7, 11) is 0. The Morgan fingerprint density at radius 2 is 2.37 bits per heavy atom. The van der Waals surface area contributed by atoms with E-state index in [2.05, 4.69) is 20.0 Å². The molecule has 1 aromatic heterocycles. The van der Waals surface area contributed by atoms with Gasteiger partial charge in [-0.1, -0.05) is 11.2 Å². The molecule has 0 saturated heterocycles. The molecule has 1 heterocycles. The number of benzene rings is 1. The second kappa shape index (κ2) is 5.59. The number of hydrogen-bond acceptors (Lipinski definition) is 7. The zero-order valence-corrected chi connectivity index (χ0v) is 9.74. The van der Waals surface area contributed by atoms with Gasteiger partial charge in [-0.2, -0.15) is 10.2 Å². The number of anilines is 1. The summed E-state index contributed by atoms with van der Waals surface area (Å²) in [5.41, 5.74) is 0.0974. The highest BCUT2D eigenvalue weighted by Gasteiger charge is 2.19. The van der Waals surface area contributed by atoms with E-state index in [-0.39, 0.29) is 11.3 Å². The maximum absolute atomic E-state index is 11.0. The highest BCUT2D eigenvalue weighted by Crippen LogP contribution is 2.27. The number of nitrogens with zero attached hydrogens (tertiary/aromatic N) is 4. The maximum atomic E-state index is 11.0. The Morgan fingerprint density at radius 3 is 3.00 bits per heavy atom. The molecule has 1 aromatic carbocycles. The Balaban J connectivity index is 2.12. The zero-order valence-electron chi connectivity index (χ0n) is 9.74. The van der Waals surface area contributed by atoms with Gasteiger partial charge in [0.2, 0.25) is 6.39 Å². The number of nitro benzene ring substituents is 1. The fourth-order valence-corrected chi connectivity index (χ4v) is 1.58. The molecule has 0 aliphatic carbocycles. The van der Waals surface area contributed by atoms with Gasteiger partial charge in [-0.3, -0.25) is 10.1 Å². The smallest absolute Gasteiger partial charge is 0.309 e. The monoisotopic (exact) mass is 259 g/mol. The molecule has 0 saturated carbocycles. The van der Waals surface area contributed by atoms with Crippen molar-refractivity contribution in [2.75, 3.05) is 11.9 Å². The molecular formula is C11H9N5O3. The lowest BCUT2D eigenvalue weighted by Crippen LogP contribution is -2.08. The summed E-state index contributed by atoms with van der Waals surface area (Å²) in [4.78, 5) is 14.2. The minimum atomic E-state index is -0.574. The van der Waals surface area contributed by atoms with Crippen molar-refractivity contribution in [1.29, 1.82) is 5.26 Å². The average molecular weight is 259 g/mol. The first-order valence-electron chi connectivity index (χ1n) is 5.39. The van der Waals surface area contributed by atoms with E-state index in [0.717, 1.165) is 0 Å². The van der Waals surface area contributed by atoms with Crippen molar-refractivity contribution in [2.24, 2.45) is 0 Å². The Bertz CT molecular complexity index is 618. The van der Waals surface area contributed by atoms with Gasteiger partial charge in [0.15, 0.2) is 5.82 Å². The van der Waals surface area contributed by atoms with E-state index in [4.69, 9.17) is 5.26 Å². The molecule has 19 heavy (non-hydrogen) atoms. The summed E-state index contributed by atoms with van der Waals surface area (Å²) >= 11 is 0. The molecule has 0 fully saturated rings. The van der Waals surface area contributed by atoms with Crippen LogP contribution in [0.4, 0.5) is 11.4 Å². The molecule has 0 bridgehead atoms. The van der Waals surface area contributed by atoms with Gasteiger partial charge >= 0.3 is 5.69 Å². The Hall–Kier alpha value is -2.95. The zero-order chi connectivity index (χ0) is 13.7. The number of nitro groups is 1. The summed E-state index contributed by atoms with van der Waals surface area (Å²) in [6, 6.07) is 6.34. The molecule has 96 valence electrons. The fourth-order valence-electron chi connectivity index (χ4n) is 1.58. The predicted molar refractivity (Wildman–Crippen MR) is 64.3 cm³/mol. The number of nitriles is 1. The Kier molecular flexibility index (Phi) is 3.68. The lowest BCUT2D eigenvalue weighted by Gasteiger charge is -2.06. The lowest BCUT2D eigenvalue weighted by atomic mass is 10.1.